The number of fused-ring (bicyclic) bond motifs is 1. The van der Waals surface area contributed by atoms with Crippen LogP contribution < -0.4 is 4.74 Å². The van der Waals surface area contributed by atoms with Crippen LogP contribution in [0.2, 0.25) is 0 Å². The summed E-state index contributed by atoms with van der Waals surface area (Å²) in [6.45, 7) is 9.66. The predicted octanol–water partition coefficient (Wildman–Crippen LogP) is 3.89. The van der Waals surface area contributed by atoms with Gasteiger partial charge >= 0.3 is 0 Å². The van der Waals surface area contributed by atoms with E-state index >= 15 is 0 Å². The van der Waals surface area contributed by atoms with Crippen molar-refractivity contribution in [1.29, 1.82) is 0 Å². The second-order valence-corrected chi connectivity index (χ2v) is 8.30. The zero-order valence-electron chi connectivity index (χ0n) is 16.7. The molecule has 3 aromatic rings. The van der Waals surface area contributed by atoms with Gasteiger partial charge in [-0.15, -0.1) is 11.3 Å². The Bertz CT molecular complexity index is 999. The summed E-state index contributed by atoms with van der Waals surface area (Å²) in [6.07, 6.45) is 0. The smallest absolute Gasteiger partial charge is 0.203 e. The number of aromatic nitrogens is 1. The highest BCUT2D eigenvalue weighted by molar-refractivity contribution is 7.20. The Morgan fingerprint density at radius 3 is 2.64 bits per heavy atom. The Labute approximate surface area is 169 Å². The summed E-state index contributed by atoms with van der Waals surface area (Å²) in [4.78, 5) is 17.5. The minimum Gasteiger partial charge on any atom is -0.497 e. The van der Waals surface area contributed by atoms with Gasteiger partial charge in [-0.2, -0.15) is 0 Å². The van der Waals surface area contributed by atoms with Crippen LogP contribution in [0.15, 0.2) is 30.3 Å². The van der Waals surface area contributed by atoms with E-state index < -0.39 is 0 Å². The quantitative estimate of drug-likeness (QED) is 0.591. The second kappa shape index (κ2) is 8.07. The molecule has 148 valence electrons. The van der Waals surface area contributed by atoms with Crippen LogP contribution in [-0.2, 0) is 11.3 Å². The number of morpholine rings is 1. The summed E-state index contributed by atoms with van der Waals surface area (Å²) in [5, 5.41) is 1.15. The van der Waals surface area contributed by atoms with Gasteiger partial charge in [0, 0.05) is 42.8 Å². The predicted molar refractivity (Wildman–Crippen MR) is 113 cm³/mol. The van der Waals surface area contributed by atoms with Crippen LogP contribution in [0, 0.1) is 13.8 Å². The summed E-state index contributed by atoms with van der Waals surface area (Å²) >= 11 is 1.59. The van der Waals surface area contributed by atoms with Crippen LogP contribution in [0.25, 0.3) is 10.2 Å². The number of carbonyl (C=O) groups excluding carboxylic acids is 1. The number of benzene rings is 1. The standard InChI is InChI=1S/C22H26N2O3S/c1-15-12-18(26-3)4-5-19(15)21(25)20-14-17-13-16(2)24(22(17)28-20)7-6-23-8-10-27-11-9-23/h4-5,12-14H,6-11H2,1-3H3. The zero-order chi connectivity index (χ0) is 19.7. The van der Waals surface area contributed by atoms with E-state index in [0.29, 0.717) is 0 Å². The molecule has 1 fully saturated rings. The molecule has 0 N–H and O–H groups in total. The maximum absolute atomic E-state index is 13.1. The first kappa shape index (κ1) is 19.2. The lowest BCUT2D eigenvalue weighted by molar-refractivity contribution is 0.0365. The fourth-order valence-electron chi connectivity index (χ4n) is 3.78. The molecule has 1 aliphatic rings. The third-order valence-electron chi connectivity index (χ3n) is 5.42. The number of nitrogens with zero attached hydrogens (tertiary/aromatic N) is 2. The maximum Gasteiger partial charge on any atom is 0.203 e. The van der Waals surface area contributed by atoms with Gasteiger partial charge in [-0.25, -0.2) is 0 Å². The average molecular weight is 399 g/mol. The minimum atomic E-state index is 0.0822. The van der Waals surface area contributed by atoms with Crippen LogP contribution >= 0.6 is 11.3 Å². The first-order chi connectivity index (χ1) is 13.6. The number of thiophene rings is 1. The van der Waals surface area contributed by atoms with E-state index in [0.717, 1.165) is 66.5 Å². The lowest BCUT2D eigenvalue weighted by Gasteiger charge is -2.26. The number of ketones is 1. The maximum atomic E-state index is 13.1. The molecule has 1 aromatic carbocycles. The number of aryl methyl sites for hydroxylation is 2. The molecule has 6 heteroatoms. The molecule has 1 saturated heterocycles. The van der Waals surface area contributed by atoms with Crippen LogP contribution in [0.4, 0.5) is 0 Å². The normalized spacial score (nSPS) is 15.2. The third-order valence-corrected chi connectivity index (χ3v) is 6.59. The van der Waals surface area contributed by atoms with Gasteiger partial charge < -0.3 is 14.0 Å². The van der Waals surface area contributed by atoms with Crippen molar-refractivity contribution in [3.05, 3.63) is 52.0 Å². The van der Waals surface area contributed by atoms with Gasteiger partial charge in [0.2, 0.25) is 5.78 Å². The van der Waals surface area contributed by atoms with Crippen LogP contribution in [0.5, 0.6) is 5.75 Å². The summed E-state index contributed by atoms with van der Waals surface area (Å²) < 4.78 is 13.0. The molecule has 2 aromatic heterocycles. The Balaban J connectivity index is 1.57. The third kappa shape index (κ3) is 3.72. The molecule has 0 bridgehead atoms. The van der Waals surface area contributed by atoms with Crippen molar-refractivity contribution in [1.82, 2.24) is 9.47 Å². The van der Waals surface area contributed by atoms with Gasteiger partial charge in [-0.05, 0) is 49.7 Å². The Kier molecular flexibility index (Phi) is 5.53. The molecule has 0 amide bonds. The van der Waals surface area contributed by atoms with Crippen LogP contribution in [-0.4, -0.2) is 55.2 Å². The highest BCUT2D eigenvalue weighted by Gasteiger charge is 2.19. The number of ether oxygens (including phenoxy) is 2. The minimum absolute atomic E-state index is 0.0822. The van der Waals surface area contributed by atoms with Gasteiger partial charge in [0.15, 0.2) is 0 Å². The van der Waals surface area contributed by atoms with E-state index in [2.05, 4.69) is 22.5 Å². The van der Waals surface area contributed by atoms with Crippen molar-refractivity contribution >= 4 is 27.3 Å². The van der Waals surface area contributed by atoms with E-state index in [4.69, 9.17) is 9.47 Å². The molecule has 5 nitrogen and oxygen atoms in total. The molecule has 0 atom stereocenters. The molecule has 0 radical (unpaired) electrons. The molecule has 0 aliphatic carbocycles. The molecular formula is C22H26N2O3S. The van der Waals surface area contributed by atoms with Crippen LogP contribution in [0.3, 0.4) is 0 Å². The molecule has 1 aliphatic heterocycles. The molecule has 0 saturated carbocycles. The highest BCUT2D eigenvalue weighted by atomic mass is 32.1. The van der Waals surface area contributed by atoms with Gasteiger partial charge in [0.25, 0.3) is 0 Å². The number of hydrogen-bond acceptors (Lipinski definition) is 5. The van der Waals surface area contributed by atoms with Gasteiger partial charge in [0.05, 0.1) is 25.2 Å². The lowest BCUT2D eigenvalue weighted by Crippen LogP contribution is -2.38. The molecule has 4 rings (SSSR count). The van der Waals surface area contributed by atoms with Gasteiger partial charge in [-0.1, -0.05) is 0 Å². The van der Waals surface area contributed by atoms with E-state index in [9.17, 15) is 4.79 Å². The Morgan fingerprint density at radius 1 is 1.14 bits per heavy atom. The topological polar surface area (TPSA) is 43.7 Å². The first-order valence-corrected chi connectivity index (χ1v) is 10.5. The van der Waals surface area contributed by atoms with E-state index in [1.165, 1.54) is 10.5 Å². The molecule has 0 unspecified atom stereocenters. The second-order valence-electron chi connectivity index (χ2n) is 7.27. The fourth-order valence-corrected chi connectivity index (χ4v) is 4.96. The first-order valence-electron chi connectivity index (χ1n) is 9.66. The monoisotopic (exact) mass is 398 g/mol. The Morgan fingerprint density at radius 2 is 1.93 bits per heavy atom. The largest absolute Gasteiger partial charge is 0.497 e. The van der Waals surface area contributed by atoms with E-state index in [1.54, 1.807) is 18.4 Å². The zero-order valence-corrected chi connectivity index (χ0v) is 17.5. The summed E-state index contributed by atoms with van der Waals surface area (Å²) in [7, 11) is 1.64. The number of hydrogen-bond donors (Lipinski definition) is 0. The number of rotatable bonds is 6. The number of methoxy groups -OCH3 is 1. The molecule has 0 spiro atoms. The van der Waals surface area contributed by atoms with Crippen molar-refractivity contribution in [2.24, 2.45) is 0 Å². The van der Waals surface area contributed by atoms with E-state index in [1.807, 2.05) is 31.2 Å². The van der Waals surface area contributed by atoms with Gasteiger partial charge in [-0.3, -0.25) is 9.69 Å². The molecular weight excluding hydrogens is 372 g/mol. The summed E-state index contributed by atoms with van der Waals surface area (Å²) in [5.41, 5.74) is 2.92. The molecule has 28 heavy (non-hydrogen) atoms. The van der Waals surface area contributed by atoms with Crippen molar-refractivity contribution in [2.75, 3.05) is 40.0 Å². The highest BCUT2D eigenvalue weighted by Crippen LogP contribution is 2.31. The van der Waals surface area contributed by atoms with E-state index in [-0.39, 0.29) is 5.78 Å². The summed E-state index contributed by atoms with van der Waals surface area (Å²) in [5.74, 6) is 0.856. The van der Waals surface area contributed by atoms with Crippen LogP contribution in [0.1, 0.15) is 26.5 Å². The van der Waals surface area contributed by atoms with Crippen molar-refractivity contribution < 1.29 is 14.3 Å². The van der Waals surface area contributed by atoms with Crippen molar-refractivity contribution in [3.63, 3.8) is 0 Å². The average Bonchev–Trinajstić information content (AvgIpc) is 3.23. The van der Waals surface area contributed by atoms with Gasteiger partial charge in [0.1, 0.15) is 10.6 Å². The fraction of sp³-hybridized carbons (Fsp3) is 0.409. The van der Waals surface area contributed by atoms with Crippen molar-refractivity contribution in [3.8, 4) is 5.75 Å². The van der Waals surface area contributed by atoms with Crippen molar-refractivity contribution in [2.45, 2.75) is 20.4 Å². The lowest BCUT2D eigenvalue weighted by atomic mass is 10.0. The summed E-state index contributed by atoms with van der Waals surface area (Å²) in [6, 6.07) is 9.83. The Hall–Kier alpha value is -2.15. The SMILES string of the molecule is COc1ccc(C(=O)c2cc3cc(C)n(CCN4CCOCC4)c3s2)c(C)c1. The number of carbonyl (C=O) groups is 1. The molecule has 3 heterocycles.